The highest BCUT2D eigenvalue weighted by Crippen LogP contribution is 2.15. The van der Waals surface area contributed by atoms with Crippen molar-refractivity contribution >= 4 is 11.6 Å². The summed E-state index contributed by atoms with van der Waals surface area (Å²) in [5.74, 6) is 1.59. The van der Waals surface area contributed by atoms with Crippen molar-refractivity contribution in [1.29, 1.82) is 0 Å². The highest BCUT2D eigenvalue weighted by Gasteiger charge is 2.14. The molecule has 0 unspecified atom stereocenters. The molecule has 7 heteroatoms. The molecule has 0 saturated carbocycles. The van der Waals surface area contributed by atoms with Crippen molar-refractivity contribution < 1.29 is 4.92 Å². The number of benzene rings is 1. The maximum absolute atomic E-state index is 10.8. The second-order valence-electron chi connectivity index (χ2n) is 6.66. The van der Waals surface area contributed by atoms with E-state index in [2.05, 4.69) is 27.4 Å². The van der Waals surface area contributed by atoms with Crippen LogP contribution >= 0.6 is 0 Å². The van der Waals surface area contributed by atoms with E-state index in [1.165, 1.54) is 32.0 Å². The van der Waals surface area contributed by atoms with Crippen molar-refractivity contribution in [1.82, 2.24) is 15.5 Å². The zero-order valence-corrected chi connectivity index (χ0v) is 15.2. The normalized spacial score (nSPS) is 16.6. The first-order valence-electron chi connectivity index (χ1n) is 8.98. The van der Waals surface area contributed by atoms with Gasteiger partial charge in [0.2, 0.25) is 0 Å². The Hall–Kier alpha value is -2.15. The van der Waals surface area contributed by atoms with E-state index in [4.69, 9.17) is 0 Å². The summed E-state index contributed by atoms with van der Waals surface area (Å²) in [6.45, 7) is 7.23. The molecular weight excluding hydrogens is 318 g/mol. The van der Waals surface area contributed by atoms with Crippen LogP contribution in [0.4, 0.5) is 5.69 Å². The van der Waals surface area contributed by atoms with E-state index in [1.54, 1.807) is 19.2 Å². The molecule has 1 fully saturated rings. The van der Waals surface area contributed by atoms with Crippen LogP contribution in [0.15, 0.2) is 29.3 Å². The van der Waals surface area contributed by atoms with Crippen LogP contribution in [-0.2, 0) is 6.54 Å². The maximum Gasteiger partial charge on any atom is 0.269 e. The summed E-state index contributed by atoms with van der Waals surface area (Å²) < 4.78 is 0. The van der Waals surface area contributed by atoms with E-state index in [0.29, 0.717) is 6.54 Å². The second kappa shape index (κ2) is 9.98. The molecule has 25 heavy (non-hydrogen) atoms. The number of hydrogen-bond acceptors (Lipinski definition) is 4. The van der Waals surface area contributed by atoms with Gasteiger partial charge in [0.1, 0.15) is 0 Å². The molecule has 1 aromatic rings. The summed E-state index contributed by atoms with van der Waals surface area (Å²) in [5.41, 5.74) is 0.970. The van der Waals surface area contributed by atoms with Crippen molar-refractivity contribution in [2.75, 3.05) is 33.2 Å². The summed E-state index contributed by atoms with van der Waals surface area (Å²) in [6.07, 6.45) is 3.69. The zero-order chi connectivity index (χ0) is 18.1. The van der Waals surface area contributed by atoms with E-state index in [9.17, 15) is 10.1 Å². The number of non-ortho nitro benzene ring substituents is 1. The molecule has 0 atom stereocenters. The number of nitrogens with one attached hydrogen (secondary N) is 2. The standard InChI is InChI=1S/C18H29N5O2/c1-15-7-11-22(12-8-15)10-4-9-20-18(19-2)21-14-16-5-3-6-17(13-16)23(24)25/h3,5-6,13,15H,4,7-12,14H2,1-2H3,(H2,19,20,21). The molecule has 1 aromatic carbocycles. The molecule has 0 spiro atoms. The summed E-state index contributed by atoms with van der Waals surface area (Å²) in [5, 5.41) is 17.3. The van der Waals surface area contributed by atoms with Crippen LogP contribution in [-0.4, -0.2) is 49.0 Å². The Balaban J connectivity index is 1.67. The summed E-state index contributed by atoms with van der Waals surface area (Å²) in [6, 6.07) is 6.64. The molecule has 1 aliphatic rings. The van der Waals surface area contributed by atoms with E-state index in [-0.39, 0.29) is 10.6 Å². The van der Waals surface area contributed by atoms with Gasteiger partial charge in [0.05, 0.1) is 4.92 Å². The van der Waals surface area contributed by atoms with Gasteiger partial charge < -0.3 is 15.5 Å². The monoisotopic (exact) mass is 347 g/mol. The number of likely N-dealkylation sites (tertiary alicyclic amines) is 1. The average Bonchev–Trinajstić information content (AvgIpc) is 2.63. The lowest BCUT2D eigenvalue weighted by atomic mass is 9.99. The lowest BCUT2D eigenvalue weighted by Crippen LogP contribution is -2.39. The van der Waals surface area contributed by atoms with Gasteiger partial charge in [-0.25, -0.2) is 0 Å². The van der Waals surface area contributed by atoms with Crippen molar-refractivity contribution in [3.05, 3.63) is 39.9 Å². The van der Waals surface area contributed by atoms with Crippen molar-refractivity contribution in [3.63, 3.8) is 0 Å². The largest absolute Gasteiger partial charge is 0.356 e. The predicted octanol–water partition coefficient (Wildman–Crippen LogP) is 2.38. The van der Waals surface area contributed by atoms with Crippen molar-refractivity contribution in [3.8, 4) is 0 Å². The highest BCUT2D eigenvalue weighted by atomic mass is 16.6. The van der Waals surface area contributed by atoms with Gasteiger partial charge in [-0.05, 0) is 50.4 Å². The molecule has 0 aliphatic carbocycles. The van der Waals surface area contributed by atoms with Crippen LogP contribution in [0, 0.1) is 16.0 Å². The molecule has 1 heterocycles. The van der Waals surface area contributed by atoms with E-state index in [0.717, 1.165) is 37.0 Å². The Kier molecular flexibility index (Phi) is 7.66. The van der Waals surface area contributed by atoms with Gasteiger partial charge in [-0.3, -0.25) is 15.1 Å². The Labute approximate surface area is 149 Å². The summed E-state index contributed by atoms with van der Waals surface area (Å²) in [7, 11) is 1.73. The topological polar surface area (TPSA) is 82.8 Å². The number of aliphatic imine (C=N–C) groups is 1. The SMILES string of the molecule is CN=C(NCCCN1CCC(C)CC1)NCc1cccc([N+](=O)[O-])c1. The molecule has 0 bridgehead atoms. The maximum atomic E-state index is 10.8. The van der Waals surface area contributed by atoms with Gasteiger partial charge in [0.25, 0.3) is 5.69 Å². The molecule has 2 N–H and O–H groups in total. The van der Waals surface area contributed by atoms with E-state index < -0.39 is 0 Å². The minimum atomic E-state index is -0.377. The van der Waals surface area contributed by atoms with Crippen LogP contribution in [0.3, 0.4) is 0 Å². The first-order valence-corrected chi connectivity index (χ1v) is 8.98. The van der Waals surface area contributed by atoms with Crippen molar-refractivity contribution in [2.45, 2.75) is 32.7 Å². The van der Waals surface area contributed by atoms with Gasteiger partial charge in [-0.2, -0.15) is 0 Å². The highest BCUT2D eigenvalue weighted by molar-refractivity contribution is 5.79. The number of hydrogen-bond donors (Lipinski definition) is 2. The summed E-state index contributed by atoms with van der Waals surface area (Å²) in [4.78, 5) is 17.2. The molecule has 0 aromatic heterocycles. The minimum Gasteiger partial charge on any atom is -0.356 e. The molecular formula is C18H29N5O2. The van der Waals surface area contributed by atoms with Gasteiger partial charge in [-0.15, -0.1) is 0 Å². The number of nitro groups is 1. The Bertz CT molecular complexity index is 583. The average molecular weight is 347 g/mol. The van der Waals surface area contributed by atoms with Crippen LogP contribution in [0.25, 0.3) is 0 Å². The fourth-order valence-corrected chi connectivity index (χ4v) is 2.98. The number of rotatable bonds is 7. The molecule has 0 amide bonds. The minimum absolute atomic E-state index is 0.109. The smallest absolute Gasteiger partial charge is 0.269 e. The third-order valence-corrected chi connectivity index (χ3v) is 4.62. The lowest BCUT2D eigenvalue weighted by molar-refractivity contribution is -0.384. The van der Waals surface area contributed by atoms with Gasteiger partial charge in [-0.1, -0.05) is 19.1 Å². The van der Waals surface area contributed by atoms with Crippen LogP contribution < -0.4 is 10.6 Å². The molecule has 2 rings (SSSR count). The molecule has 1 aliphatic heterocycles. The quantitative estimate of drug-likeness (QED) is 0.260. The Morgan fingerprint density at radius 3 is 2.80 bits per heavy atom. The molecule has 138 valence electrons. The first-order chi connectivity index (χ1) is 12.1. The third kappa shape index (κ3) is 6.70. The number of piperidine rings is 1. The van der Waals surface area contributed by atoms with E-state index in [1.807, 2.05) is 6.07 Å². The Morgan fingerprint density at radius 1 is 1.36 bits per heavy atom. The predicted molar refractivity (Wildman–Crippen MR) is 101 cm³/mol. The Morgan fingerprint density at radius 2 is 2.12 bits per heavy atom. The number of guanidine groups is 1. The zero-order valence-electron chi connectivity index (χ0n) is 15.2. The molecule has 0 radical (unpaired) electrons. The van der Waals surface area contributed by atoms with Gasteiger partial charge in [0.15, 0.2) is 5.96 Å². The van der Waals surface area contributed by atoms with Crippen molar-refractivity contribution in [2.24, 2.45) is 10.9 Å². The fourth-order valence-electron chi connectivity index (χ4n) is 2.98. The molecule has 1 saturated heterocycles. The van der Waals surface area contributed by atoms with Crippen LogP contribution in [0.5, 0.6) is 0 Å². The van der Waals surface area contributed by atoms with Gasteiger partial charge >= 0.3 is 0 Å². The number of nitrogens with zero attached hydrogens (tertiary/aromatic N) is 3. The molecule has 7 nitrogen and oxygen atoms in total. The third-order valence-electron chi connectivity index (χ3n) is 4.62. The van der Waals surface area contributed by atoms with E-state index >= 15 is 0 Å². The number of nitro benzene ring substituents is 1. The van der Waals surface area contributed by atoms with Crippen LogP contribution in [0.1, 0.15) is 31.7 Å². The second-order valence-corrected chi connectivity index (χ2v) is 6.66. The first kappa shape index (κ1) is 19.2. The van der Waals surface area contributed by atoms with Gasteiger partial charge in [0, 0.05) is 32.3 Å². The van der Waals surface area contributed by atoms with Crippen LogP contribution in [0.2, 0.25) is 0 Å². The lowest BCUT2D eigenvalue weighted by Gasteiger charge is -2.30. The fraction of sp³-hybridized carbons (Fsp3) is 0.611. The summed E-state index contributed by atoms with van der Waals surface area (Å²) >= 11 is 0.